The molecule has 3 aromatic carbocycles. The number of para-hydroxylation sites is 1. The summed E-state index contributed by atoms with van der Waals surface area (Å²) < 4.78 is 32.8. The molecule has 5 rings (SSSR count). The zero-order chi connectivity index (χ0) is 31.1. The lowest BCUT2D eigenvalue weighted by Crippen LogP contribution is -2.48. The van der Waals surface area contributed by atoms with Gasteiger partial charge < -0.3 is 10.2 Å². The zero-order valence-corrected chi connectivity index (χ0v) is 26.3. The molecule has 1 aliphatic rings. The summed E-state index contributed by atoms with van der Waals surface area (Å²) >= 11 is 0. The molecule has 9 nitrogen and oxygen atoms in total. The van der Waals surface area contributed by atoms with Crippen molar-refractivity contribution < 1.29 is 13.2 Å². The van der Waals surface area contributed by atoms with Crippen LogP contribution in [0.4, 0.5) is 5.69 Å². The van der Waals surface area contributed by atoms with Crippen molar-refractivity contribution in [1.29, 1.82) is 0 Å². The molecule has 10 heteroatoms. The van der Waals surface area contributed by atoms with Crippen molar-refractivity contribution in [3.8, 4) is 5.69 Å². The van der Waals surface area contributed by atoms with E-state index in [1.165, 1.54) is 22.4 Å². The normalized spacial score (nSPS) is 15.9. The quantitative estimate of drug-likeness (QED) is 0.334. The summed E-state index contributed by atoms with van der Waals surface area (Å²) in [6.07, 6.45) is 0. The van der Waals surface area contributed by atoms with E-state index in [0.29, 0.717) is 42.1 Å². The molecule has 43 heavy (non-hydrogen) atoms. The highest BCUT2D eigenvalue weighted by molar-refractivity contribution is 7.92. The Morgan fingerprint density at radius 1 is 0.977 bits per heavy atom. The van der Waals surface area contributed by atoms with E-state index in [0.717, 1.165) is 5.56 Å². The number of amides is 1. The fraction of sp³-hybridized carbons (Fsp3) is 0.333. The Kier molecular flexibility index (Phi) is 8.11. The lowest BCUT2D eigenvalue weighted by atomic mass is 9.86. The van der Waals surface area contributed by atoms with Crippen LogP contribution in [0.1, 0.15) is 59.6 Å². The Balaban J connectivity index is 1.46. The van der Waals surface area contributed by atoms with E-state index < -0.39 is 15.6 Å². The van der Waals surface area contributed by atoms with Gasteiger partial charge >= 0.3 is 0 Å². The van der Waals surface area contributed by atoms with Crippen LogP contribution in [0.25, 0.3) is 5.69 Å². The summed E-state index contributed by atoms with van der Waals surface area (Å²) in [7, 11) is -2.49. The van der Waals surface area contributed by atoms with Crippen LogP contribution in [0.5, 0.6) is 0 Å². The Morgan fingerprint density at radius 2 is 1.65 bits per heavy atom. The highest BCUT2D eigenvalue weighted by Crippen LogP contribution is 2.29. The van der Waals surface area contributed by atoms with Crippen molar-refractivity contribution >= 4 is 21.6 Å². The number of aryl methyl sites for hydroxylation is 1. The van der Waals surface area contributed by atoms with Crippen LogP contribution < -0.4 is 15.6 Å². The summed E-state index contributed by atoms with van der Waals surface area (Å²) in [6.45, 7) is 11.7. The first-order chi connectivity index (χ1) is 20.3. The summed E-state index contributed by atoms with van der Waals surface area (Å²) in [5.41, 5.74) is 3.78. The second kappa shape index (κ2) is 11.5. The standard InChI is InChI=1S/C33H39N5O4S/c1-22-12-17-27(43(41,42)35-30-23(2)36(6)38(32(30)40)26-10-8-7-9-11-26)20-28(22)31(39)37-19-18-34-21-29(37)24-13-15-25(16-14-24)33(3,4)5/h7-17,20,29,34-35H,18-19,21H2,1-6H3. The Hall–Kier alpha value is -4.15. The third-order valence-electron chi connectivity index (χ3n) is 8.21. The van der Waals surface area contributed by atoms with Gasteiger partial charge in [0.05, 0.1) is 22.3 Å². The van der Waals surface area contributed by atoms with Crippen LogP contribution in [-0.2, 0) is 22.5 Å². The van der Waals surface area contributed by atoms with Crippen LogP contribution in [0.3, 0.4) is 0 Å². The minimum atomic E-state index is -4.19. The van der Waals surface area contributed by atoms with Crippen LogP contribution >= 0.6 is 0 Å². The average molecular weight is 602 g/mol. The van der Waals surface area contributed by atoms with Crippen molar-refractivity contribution in [3.63, 3.8) is 0 Å². The number of carbonyl (C=O) groups excluding carboxylic acids is 1. The lowest BCUT2D eigenvalue weighted by Gasteiger charge is -2.37. The maximum atomic E-state index is 14.0. The summed E-state index contributed by atoms with van der Waals surface area (Å²) in [6, 6.07) is 21.7. The number of anilines is 1. The van der Waals surface area contributed by atoms with E-state index in [4.69, 9.17) is 0 Å². The molecule has 1 amide bonds. The first-order valence-electron chi connectivity index (χ1n) is 14.4. The van der Waals surface area contributed by atoms with Crippen molar-refractivity contribution in [2.24, 2.45) is 7.05 Å². The molecular weight excluding hydrogens is 562 g/mol. The second-order valence-corrected chi connectivity index (χ2v) is 13.8. The topological polar surface area (TPSA) is 105 Å². The van der Waals surface area contributed by atoms with Crippen molar-refractivity contribution in [1.82, 2.24) is 19.6 Å². The van der Waals surface area contributed by atoms with Gasteiger partial charge in [-0.15, -0.1) is 0 Å². The number of carbonyl (C=O) groups is 1. The second-order valence-electron chi connectivity index (χ2n) is 12.1. The summed E-state index contributed by atoms with van der Waals surface area (Å²) in [5, 5.41) is 3.39. The molecule has 226 valence electrons. The van der Waals surface area contributed by atoms with Gasteiger partial charge in [0.1, 0.15) is 5.69 Å². The highest BCUT2D eigenvalue weighted by Gasteiger charge is 2.31. The minimum Gasteiger partial charge on any atom is -0.329 e. The average Bonchev–Trinajstić information content (AvgIpc) is 3.19. The molecule has 2 heterocycles. The predicted octanol–water partition coefficient (Wildman–Crippen LogP) is 4.68. The smallest absolute Gasteiger partial charge is 0.296 e. The van der Waals surface area contributed by atoms with E-state index in [9.17, 15) is 18.0 Å². The molecule has 0 bridgehead atoms. The van der Waals surface area contributed by atoms with Crippen molar-refractivity contribution in [2.75, 3.05) is 24.4 Å². The largest absolute Gasteiger partial charge is 0.329 e. The molecule has 1 atom stereocenters. The molecule has 1 fully saturated rings. The maximum absolute atomic E-state index is 14.0. The molecule has 1 unspecified atom stereocenters. The lowest BCUT2D eigenvalue weighted by molar-refractivity contribution is 0.0633. The third kappa shape index (κ3) is 5.89. The summed E-state index contributed by atoms with van der Waals surface area (Å²) in [4.78, 5) is 29.1. The van der Waals surface area contributed by atoms with Gasteiger partial charge in [-0.3, -0.25) is 19.0 Å². The van der Waals surface area contributed by atoms with Crippen LogP contribution in [0, 0.1) is 13.8 Å². The van der Waals surface area contributed by atoms with E-state index in [-0.39, 0.29) is 27.9 Å². The Bertz CT molecular complexity index is 1820. The van der Waals surface area contributed by atoms with E-state index in [2.05, 4.69) is 55.1 Å². The van der Waals surface area contributed by atoms with Crippen molar-refractivity contribution in [2.45, 2.75) is 51.0 Å². The molecule has 1 aliphatic heterocycles. The van der Waals surface area contributed by atoms with Crippen molar-refractivity contribution in [3.05, 3.63) is 111 Å². The number of sulfonamides is 1. The number of aromatic nitrogens is 2. The maximum Gasteiger partial charge on any atom is 0.296 e. The van der Waals surface area contributed by atoms with E-state index in [1.807, 2.05) is 23.1 Å². The van der Waals surface area contributed by atoms with Gasteiger partial charge in [0, 0.05) is 32.2 Å². The number of hydrogen-bond donors (Lipinski definition) is 2. The SMILES string of the molecule is Cc1ccc(S(=O)(=O)Nc2c(C)n(C)n(-c3ccccc3)c2=O)cc1C(=O)N1CCNCC1c1ccc(C(C)(C)C)cc1. The molecule has 4 aromatic rings. The zero-order valence-electron chi connectivity index (χ0n) is 25.5. The van der Waals surface area contributed by atoms with Crippen LogP contribution in [0.2, 0.25) is 0 Å². The van der Waals surface area contributed by atoms with E-state index in [1.54, 1.807) is 43.8 Å². The highest BCUT2D eigenvalue weighted by atomic mass is 32.2. The molecule has 2 N–H and O–H groups in total. The Labute approximate surface area is 253 Å². The molecule has 0 saturated carbocycles. The van der Waals surface area contributed by atoms with Gasteiger partial charge in [0.25, 0.3) is 21.5 Å². The Morgan fingerprint density at radius 3 is 2.30 bits per heavy atom. The van der Waals surface area contributed by atoms with Crippen LogP contribution in [0.15, 0.2) is 82.5 Å². The van der Waals surface area contributed by atoms with Gasteiger partial charge in [-0.05, 0) is 60.2 Å². The van der Waals surface area contributed by atoms with Gasteiger partial charge in [0.2, 0.25) is 0 Å². The third-order valence-corrected chi connectivity index (χ3v) is 9.55. The molecule has 0 aliphatic carbocycles. The van der Waals surface area contributed by atoms with Gasteiger partial charge in [-0.25, -0.2) is 13.1 Å². The molecule has 0 radical (unpaired) electrons. The minimum absolute atomic E-state index is 0.0167. The summed E-state index contributed by atoms with van der Waals surface area (Å²) in [5.74, 6) is -0.233. The van der Waals surface area contributed by atoms with Gasteiger partial charge in [-0.1, -0.05) is 69.3 Å². The number of hydrogen-bond acceptors (Lipinski definition) is 5. The van der Waals surface area contributed by atoms with Gasteiger partial charge in [0.15, 0.2) is 0 Å². The molecular formula is C33H39N5O4S. The number of rotatable bonds is 6. The molecule has 0 spiro atoms. The molecule has 1 aromatic heterocycles. The van der Waals surface area contributed by atoms with Crippen LogP contribution in [-0.4, -0.2) is 48.2 Å². The monoisotopic (exact) mass is 601 g/mol. The molecule has 1 saturated heterocycles. The fourth-order valence-electron chi connectivity index (χ4n) is 5.48. The van der Waals surface area contributed by atoms with E-state index >= 15 is 0 Å². The predicted molar refractivity (Wildman–Crippen MR) is 170 cm³/mol. The van der Waals surface area contributed by atoms with Gasteiger partial charge in [-0.2, -0.15) is 0 Å². The number of benzene rings is 3. The number of nitrogens with zero attached hydrogens (tertiary/aromatic N) is 3. The number of piperazine rings is 1. The number of nitrogens with one attached hydrogen (secondary N) is 2. The first-order valence-corrected chi connectivity index (χ1v) is 15.9. The first kappa shape index (κ1) is 30.3. The fourth-order valence-corrected chi connectivity index (χ4v) is 6.62.